The summed E-state index contributed by atoms with van der Waals surface area (Å²) in [6.45, 7) is 0.890. The Hall–Kier alpha value is -2.41. The third-order valence-corrected chi connectivity index (χ3v) is 4.12. The van der Waals surface area contributed by atoms with Crippen molar-refractivity contribution in [1.29, 1.82) is 0 Å². The highest BCUT2D eigenvalue weighted by molar-refractivity contribution is 5.86. The highest BCUT2D eigenvalue weighted by Crippen LogP contribution is 2.25. The number of nitrogens with one attached hydrogen (secondary N) is 1. The first-order chi connectivity index (χ1) is 11.1. The van der Waals surface area contributed by atoms with Gasteiger partial charge in [-0.05, 0) is 25.0 Å². The van der Waals surface area contributed by atoms with E-state index >= 15 is 0 Å². The molecule has 0 saturated carbocycles. The van der Waals surface area contributed by atoms with Crippen molar-refractivity contribution in [2.75, 3.05) is 13.2 Å². The molecule has 1 aliphatic heterocycles. The number of fused-ring (bicyclic) bond motifs is 1. The molecule has 1 saturated heterocycles. The highest BCUT2D eigenvalue weighted by Gasteiger charge is 2.36. The highest BCUT2D eigenvalue weighted by atomic mass is 16.5. The third-order valence-electron chi connectivity index (χ3n) is 4.12. The molecular formula is C16H18N2O5. The number of aromatic nitrogens is 1. The topological polar surface area (TPSA) is 102 Å². The number of hydrogen-bond acceptors (Lipinski definition) is 5. The van der Waals surface area contributed by atoms with Crippen LogP contribution in [0.3, 0.4) is 0 Å². The molecule has 1 fully saturated rings. The average Bonchev–Trinajstić information content (AvgIpc) is 2.90. The lowest BCUT2D eigenvalue weighted by atomic mass is 9.86. The molecule has 1 aromatic heterocycles. The second-order valence-electron chi connectivity index (χ2n) is 5.81. The normalized spacial score (nSPS) is 17.0. The number of hydrogen-bond donors (Lipinski definition) is 2. The van der Waals surface area contributed by atoms with Crippen LogP contribution in [-0.2, 0) is 20.7 Å². The first-order valence-electron chi connectivity index (χ1n) is 7.52. The van der Waals surface area contributed by atoms with Gasteiger partial charge < -0.3 is 19.7 Å². The first kappa shape index (κ1) is 15.5. The Labute approximate surface area is 132 Å². The van der Waals surface area contributed by atoms with Crippen molar-refractivity contribution in [1.82, 2.24) is 10.5 Å². The van der Waals surface area contributed by atoms with E-state index in [2.05, 4.69) is 10.5 Å². The van der Waals surface area contributed by atoms with Crippen molar-refractivity contribution < 1.29 is 24.0 Å². The summed E-state index contributed by atoms with van der Waals surface area (Å²) in [7, 11) is 0. The van der Waals surface area contributed by atoms with Crippen LogP contribution < -0.4 is 5.32 Å². The molecule has 1 aromatic carbocycles. The molecule has 1 amide bonds. The maximum Gasteiger partial charge on any atom is 0.305 e. The molecule has 2 heterocycles. The molecule has 122 valence electrons. The molecule has 0 spiro atoms. The maximum absolute atomic E-state index is 12.4. The zero-order valence-corrected chi connectivity index (χ0v) is 12.6. The Morgan fingerprint density at radius 1 is 1.26 bits per heavy atom. The van der Waals surface area contributed by atoms with E-state index in [0.29, 0.717) is 37.3 Å². The fourth-order valence-electron chi connectivity index (χ4n) is 2.96. The molecule has 0 aliphatic carbocycles. The van der Waals surface area contributed by atoms with Gasteiger partial charge in [0.15, 0.2) is 5.58 Å². The van der Waals surface area contributed by atoms with Crippen LogP contribution in [0.4, 0.5) is 0 Å². The number of carboxylic acid groups (broad SMARTS) is 1. The number of amides is 1. The number of para-hydroxylation sites is 1. The zero-order chi connectivity index (χ0) is 16.3. The van der Waals surface area contributed by atoms with Crippen molar-refractivity contribution in [3.8, 4) is 0 Å². The number of benzene rings is 1. The summed E-state index contributed by atoms with van der Waals surface area (Å²) < 4.78 is 10.5. The summed E-state index contributed by atoms with van der Waals surface area (Å²) in [6, 6.07) is 7.32. The Morgan fingerprint density at radius 3 is 2.74 bits per heavy atom. The van der Waals surface area contributed by atoms with Gasteiger partial charge >= 0.3 is 5.97 Å². The smallest absolute Gasteiger partial charge is 0.305 e. The molecular weight excluding hydrogens is 300 g/mol. The minimum Gasteiger partial charge on any atom is -0.481 e. The van der Waals surface area contributed by atoms with E-state index in [-0.39, 0.29) is 18.7 Å². The summed E-state index contributed by atoms with van der Waals surface area (Å²) in [5.41, 5.74) is 0.429. The van der Waals surface area contributed by atoms with Crippen LogP contribution in [-0.4, -0.2) is 40.9 Å². The molecule has 23 heavy (non-hydrogen) atoms. The number of aliphatic carboxylic acids is 1. The summed E-state index contributed by atoms with van der Waals surface area (Å²) in [6.07, 6.45) is 0.927. The summed E-state index contributed by atoms with van der Waals surface area (Å²) in [4.78, 5) is 23.5. The molecule has 0 bridgehead atoms. The predicted molar refractivity (Wildman–Crippen MR) is 80.9 cm³/mol. The largest absolute Gasteiger partial charge is 0.481 e. The van der Waals surface area contributed by atoms with Gasteiger partial charge in [-0.25, -0.2) is 0 Å². The quantitative estimate of drug-likeness (QED) is 0.866. The molecule has 7 heteroatoms. The molecule has 2 aromatic rings. The Balaban J connectivity index is 1.73. The molecule has 7 nitrogen and oxygen atoms in total. The Bertz CT molecular complexity index is 718. The van der Waals surface area contributed by atoms with Crippen LogP contribution in [0.5, 0.6) is 0 Å². The molecule has 0 unspecified atom stereocenters. The number of carboxylic acids is 1. The van der Waals surface area contributed by atoms with E-state index in [0.717, 1.165) is 5.39 Å². The van der Waals surface area contributed by atoms with Gasteiger partial charge in [0.05, 0.1) is 18.4 Å². The number of ether oxygens (including phenoxy) is 1. The van der Waals surface area contributed by atoms with E-state index in [1.165, 1.54) is 0 Å². The lowest BCUT2D eigenvalue weighted by Crippen LogP contribution is -2.53. The second-order valence-corrected chi connectivity index (χ2v) is 5.81. The van der Waals surface area contributed by atoms with Crippen LogP contribution in [0.2, 0.25) is 0 Å². The van der Waals surface area contributed by atoms with Gasteiger partial charge in [0.2, 0.25) is 5.91 Å². The standard InChI is InChI=1S/C16H18N2O5/c19-14(9-12-11-3-1-2-4-13(11)23-18-12)17-16(10-15(20)21)5-7-22-8-6-16/h1-4H,5-10H2,(H,17,19)(H,20,21). The monoisotopic (exact) mass is 318 g/mol. The van der Waals surface area contributed by atoms with Crippen molar-refractivity contribution in [3.05, 3.63) is 30.0 Å². The second kappa shape index (κ2) is 6.37. The van der Waals surface area contributed by atoms with Gasteiger partial charge in [-0.15, -0.1) is 0 Å². The summed E-state index contributed by atoms with van der Waals surface area (Å²) in [5.74, 6) is -1.19. The molecule has 0 atom stereocenters. The van der Waals surface area contributed by atoms with Crippen LogP contribution in [0.25, 0.3) is 11.0 Å². The van der Waals surface area contributed by atoms with Crippen LogP contribution in [0.1, 0.15) is 25.0 Å². The van der Waals surface area contributed by atoms with E-state index < -0.39 is 11.5 Å². The SMILES string of the molecule is O=C(O)CC1(NC(=O)Cc2noc3ccccc23)CCOCC1. The molecule has 3 rings (SSSR count). The van der Waals surface area contributed by atoms with Crippen molar-refractivity contribution in [3.63, 3.8) is 0 Å². The lowest BCUT2D eigenvalue weighted by molar-refractivity contribution is -0.140. The number of nitrogens with zero attached hydrogens (tertiary/aromatic N) is 1. The fraction of sp³-hybridized carbons (Fsp3) is 0.438. The van der Waals surface area contributed by atoms with Gasteiger partial charge in [-0.1, -0.05) is 17.3 Å². The van der Waals surface area contributed by atoms with Gasteiger partial charge in [-0.3, -0.25) is 9.59 Å². The maximum atomic E-state index is 12.4. The van der Waals surface area contributed by atoms with Crippen molar-refractivity contribution in [2.24, 2.45) is 0 Å². The van der Waals surface area contributed by atoms with Crippen LogP contribution >= 0.6 is 0 Å². The summed E-state index contributed by atoms with van der Waals surface area (Å²) >= 11 is 0. The van der Waals surface area contributed by atoms with Gasteiger partial charge in [0.25, 0.3) is 0 Å². The fourth-order valence-corrected chi connectivity index (χ4v) is 2.96. The minimum absolute atomic E-state index is 0.0548. The molecule has 0 radical (unpaired) electrons. The lowest BCUT2D eigenvalue weighted by Gasteiger charge is -2.36. The van der Waals surface area contributed by atoms with E-state index in [1.807, 2.05) is 18.2 Å². The van der Waals surface area contributed by atoms with Gasteiger partial charge in [0.1, 0.15) is 5.69 Å². The Kier molecular flexibility index (Phi) is 4.29. The van der Waals surface area contributed by atoms with Crippen molar-refractivity contribution >= 4 is 22.8 Å². The van der Waals surface area contributed by atoms with Crippen LogP contribution in [0.15, 0.2) is 28.8 Å². The number of carbonyl (C=O) groups excluding carboxylic acids is 1. The molecule has 1 aliphatic rings. The number of rotatable bonds is 5. The van der Waals surface area contributed by atoms with Crippen LogP contribution in [0, 0.1) is 0 Å². The third kappa shape index (κ3) is 3.50. The summed E-state index contributed by atoms with van der Waals surface area (Å²) in [5, 5.41) is 16.7. The van der Waals surface area contributed by atoms with Gasteiger partial charge in [0, 0.05) is 18.6 Å². The predicted octanol–water partition coefficient (Wildman–Crippen LogP) is 1.51. The average molecular weight is 318 g/mol. The van der Waals surface area contributed by atoms with Gasteiger partial charge in [-0.2, -0.15) is 0 Å². The minimum atomic E-state index is -0.931. The zero-order valence-electron chi connectivity index (χ0n) is 12.6. The van der Waals surface area contributed by atoms with E-state index in [9.17, 15) is 9.59 Å². The molecule has 2 N–H and O–H groups in total. The van der Waals surface area contributed by atoms with Crippen molar-refractivity contribution in [2.45, 2.75) is 31.2 Å². The van der Waals surface area contributed by atoms with E-state index in [1.54, 1.807) is 6.07 Å². The van der Waals surface area contributed by atoms with E-state index in [4.69, 9.17) is 14.4 Å². The Morgan fingerprint density at radius 2 is 2.00 bits per heavy atom. The first-order valence-corrected chi connectivity index (χ1v) is 7.52. The number of carbonyl (C=O) groups is 2.